The molecule has 0 spiro atoms. The maximum absolute atomic E-state index is 10.5. The zero-order valence-corrected chi connectivity index (χ0v) is 11.1. The molecular weight excluding hydrogens is 255 g/mol. The molecule has 3 rings (SSSR count). The van der Waals surface area contributed by atoms with Crippen LogP contribution in [0.2, 0.25) is 10.0 Å². The molecule has 0 aromatic heterocycles. The number of aliphatic hydroxyl groups excluding tert-OH is 1. The van der Waals surface area contributed by atoms with Crippen LogP contribution in [0.1, 0.15) is 37.4 Å². The number of fused-ring (bicyclic) bond motifs is 2. The molecule has 1 aromatic carbocycles. The van der Waals surface area contributed by atoms with Gasteiger partial charge in [0.25, 0.3) is 0 Å². The smallest absolute Gasteiger partial charge is 0.0835 e. The number of hydrogen-bond donors (Lipinski definition) is 1. The first-order chi connectivity index (χ1) is 8.15. The van der Waals surface area contributed by atoms with Gasteiger partial charge in [-0.2, -0.15) is 0 Å². The molecule has 92 valence electrons. The number of benzene rings is 1. The maximum Gasteiger partial charge on any atom is 0.0835 e. The molecule has 4 unspecified atom stereocenters. The summed E-state index contributed by atoms with van der Waals surface area (Å²) in [4.78, 5) is 0. The quantitative estimate of drug-likeness (QED) is 0.841. The Kier molecular flexibility index (Phi) is 3.10. The second kappa shape index (κ2) is 4.46. The Bertz CT molecular complexity index is 432. The summed E-state index contributed by atoms with van der Waals surface area (Å²) in [5, 5.41) is 11.8. The molecule has 1 N–H and O–H groups in total. The van der Waals surface area contributed by atoms with E-state index in [0.717, 1.165) is 17.9 Å². The molecule has 0 aliphatic heterocycles. The van der Waals surface area contributed by atoms with Crippen molar-refractivity contribution in [2.45, 2.75) is 31.8 Å². The van der Waals surface area contributed by atoms with E-state index < -0.39 is 6.10 Å². The van der Waals surface area contributed by atoms with Crippen LogP contribution in [0.4, 0.5) is 0 Å². The highest BCUT2D eigenvalue weighted by Gasteiger charge is 2.43. The van der Waals surface area contributed by atoms with Gasteiger partial charge in [0.15, 0.2) is 0 Å². The summed E-state index contributed by atoms with van der Waals surface area (Å²) in [6.45, 7) is 0. The van der Waals surface area contributed by atoms with E-state index in [1.165, 1.54) is 19.3 Å². The van der Waals surface area contributed by atoms with Crippen molar-refractivity contribution in [2.24, 2.45) is 17.8 Å². The van der Waals surface area contributed by atoms with Gasteiger partial charge in [-0.3, -0.25) is 0 Å². The first-order valence-electron chi connectivity index (χ1n) is 6.28. The van der Waals surface area contributed by atoms with Crippen LogP contribution in [-0.4, -0.2) is 5.11 Å². The molecule has 0 radical (unpaired) electrons. The summed E-state index contributed by atoms with van der Waals surface area (Å²) in [5.41, 5.74) is 0.803. The number of halogens is 2. The van der Waals surface area contributed by atoms with E-state index in [2.05, 4.69) is 0 Å². The molecule has 2 aliphatic rings. The average molecular weight is 271 g/mol. The third kappa shape index (κ3) is 2.09. The highest BCUT2D eigenvalue weighted by Crippen LogP contribution is 2.53. The number of rotatable bonds is 2. The summed E-state index contributed by atoms with van der Waals surface area (Å²) < 4.78 is 0. The lowest BCUT2D eigenvalue weighted by atomic mass is 9.82. The van der Waals surface area contributed by atoms with Crippen LogP contribution in [0, 0.1) is 17.8 Å². The number of hydrogen-bond acceptors (Lipinski definition) is 1. The molecule has 0 amide bonds. The van der Waals surface area contributed by atoms with E-state index in [9.17, 15) is 5.11 Å². The van der Waals surface area contributed by atoms with E-state index in [1.807, 2.05) is 0 Å². The van der Waals surface area contributed by atoms with Crippen LogP contribution < -0.4 is 0 Å². The molecule has 2 saturated carbocycles. The summed E-state index contributed by atoms with van der Waals surface area (Å²) in [7, 11) is 0. The van der Waals surface area contributed by atoms with Gasteiger partial charge in [-0.1, -0.05) is 29.6 Å². The SMILES string of the molecule is OC(c1cc(Cl)ccc1Cl)C1CC2CCC1C2. The zero-order valence-electron chi connectivity index (χ0n) is 9.57. The Morgan fingerprint density at radius 1 is 1.18 bits per heavy atom. The van der Waals surface area contributed by atoms with Gasteiger partial charge in [0, 0.05) is 15.6 Å². The fourth-order valence-corrected chi connectivity index (χ4v) is 4.06. The standard InChI is InChI=1S/C14H16Cl2O/c15-10-3-4-13(16)12(7-10)14(17)11-6-8-1-2-9(11)5-8/h3-4,7-9,11,14,17H,1-2,5-6H2. The van der Waals surface area contributed by atoms with Crippen molar-refractivity contribution in [1.29, 1.82) is 0 Å². The van der Waals surface area contributed by atoms with Crippen LogP contribution in [0.3, 0.4) is 0 Å². The first kappa shape index (κ1) is 11.8. The van der Waals surface area contributed by atoms with Crippen molar-refractivity contribution in [3.63, 3.8) is 0 Å². The Morgan fingerprint density at radius 3 is 2.65 bits per heavy atom. The fourth-order valence-electron chi connectivity index (χ4n) is 3.65. The maximum atomic E-state index is 10.5. The van der Waals surface area contributed by atoms with Crippen molar-refractivity contribution in [3.05, 3.63) is 33.8 Å². The minimum absolute atomic E-state index is 0.379. The zero-order chi connectivity index (χ0) is 12.0. The summed E-state index contributed by atoms with van der Waals surface area (Å²) in [5.74, 6) is 1.90. The summed E-state index contributed by atoms with van der Waals surface area (Å²) in [6, 6.07) is 5.34. The van der Waals surface area contributed by atoms with E-state index in [4.69, 9.17) is 23.2 Å². The largest absolute Gasteiger partial charge is 0.388 e. The van der Waals surface area contributed by atoms with Gasteiger partial charge in [0.2, 0.25) is 0 Å². The molecule has 3 heteroatoms. The summed E-state index contributed by atoms with van der Waals surface area (Å²) in [6.07, 6.45) is 4.60. The topological polar surface area (TPSA) is 20.2 Å². The molecule has 1 aromatic rings. The Labute approximate surface area is 112 Å². The molecule has 17 heavy (non-hydrogen) atoms. The Morgan fingerprint density at radius 2 is 2.00 bits per heavy atom. The monoisotopic (exact) mass is 270 g/mol. The van der Waals surface area contributed by atoms with Gasteiger partial charge < -0.3 is 5.11 Å². The number of aliphatic hydroxyl groups is 1. The lowest BCUT2D eigenvalue weighted by Crippen LogP contribution is -2.19. The Hall–Kier alpha value is -0.240. The second-order valence-corrected chi connectivity index (χ2v) is 6.29. The third-order valence-corrected chi connectivity index (χ3v) is 5.05. The Balaban J connectivity index is 1.86. The predicted molar refractivity (Wildman–Crippen MR) is 70.4 cm³/mol. The van der Waals surface area contributed by atoms with Gasteiger partial charge in [-0.05, 0) is 55.2 Å². The van der Waals surface area contributed by atoms with Gasteiger partial charge in [0.1, 0.15) is 0 Å². The average Bonchev–Trinajstić information content (AvgIpc) is 2.93. The van der Waals surface area contributed by atoms with E-state index in [-0.39, 0.29) is 0 Å². The first-order valence-corrected chi connectivity index (χ1v) is 7.03. The van der Waals surface area contributed by atoms with Crippen LogP contribution in [-0.2, 0) is 0 Å². The molecule has 0 saturated heterocycles. The van der Waals surface area contributed by atoms with Crippen molar-refractivity contribution >= 4 is 23.2 Å². The van der Waals surface area contributed by atoms with E-state index >= 15 is 0 Å². The van der Waals surface area contributed by atoms with Gasteiger partial charge >= 0.3 is 0 Å². The van der Waals surface area contributed by atoms with Crippen molar-refractivity contribution in [3.8, 4) is 0 Å². The minimum atomic E-state index is -0.448. The van der Waals surface area contributed by atoms with Gasteiger partial charge in [0.05, 0.1) is 6.10 Å². The minimum Gasteiger partial charge on any atom is -0.388 e. The lowest BCUT2D eigenvalue weighted by Gasteiger charge is -2.27. The predicted octanol–water partition coefficient (Wildman–Crippen LogP) is 4.46. The molecule has 4 atom stereocenters. The van der Waals surface area contributed by atoms with Gasteiger partial charge in [-0.15, -0.1) is 0 Å². The molecule has 2 fully saturated rings. The van der Waals surface area contributed by atoms with Crippen LogP contribution in [0.15, 0.2) is 18.2 Å². The van der Waals surface area contributed by atoms with E-state index in [1.54, 1.807) is 18.2 Å². The molecular formula is C14H16Cl2O. The molecule has 2 bridgehead atoms. The molecule has 0 heterocycles. The normalized spacial score (nSPS) is 33.0. The van der Waals surface area contributed by atoms with Crippen LogP contribution in [0.25, 0.3) is 0 Å². The highest BCUT2D eigenvalue weighted by molar-refractivity contribution is 6.33. The van der Waals surface area contributed by atoms with Crippen molar-refractivity contribution in [2.75, 3.05) is 0 Å². The third-order valence-electron chi connectivity index (χ3n) is 4.48. The fraction of sp³-hybridized carbons (Fsp3) is 0.571. The van der Waals surface area contributed by atoms with Crippen LogP contribution in [0.5, 0.6) is 0 Å². The van der Waals surface area contributed by atoms with Crippen molar-refractivity contribution in [1.82, 2.24) is 0 Å². The second-order valence-electron chi connectivity index (χ2n) is 5.45. The lowest BCUT2D eigenvalue weighted by molar-refractivity contribution is 0.0746. The van der Waals surface area contributed by atoms with E-state index in [0.29, 0.717) is 21.9 Å². The van der Waals surface area contributed by atoms with Crippen molar-refractivity contribution < 1.29 is 5.11 Å². The van der Waals surface area contributed by atoms with Gasteiger partial charge in [-0.25, -0.2) is 0 Å². The summed E-state index contributed by atoms with van der Waals surface area (Å²) >= 11 is 12.1. The van der Waals surface area contributed by atoms with Crippen LogP contribution >= 0.6 is 23.2 Å². The highest BCUT2D eigenvalue weighted by atomic mass is 35.5. The molecule has 1 nitrogen and oxygen atoms in total. The molecule has 2 aliphatic carbocycles.